The fourth-order valence-corrected chi connectivity index (χ4v) is 2.61. The standard InChI is InChI=1S/C7H13O2P/c1-6-4-2-3-5-7(6)10(8)9/h6-7H,2-5H2,1H3/p+1/t6-,7-/m0/s1. The molecule has 1 fully saturated rings. The summed E-state index contributed by atoms with van der Waals surface area (Å²) in [5, 5.41) is 0. The van der Waals surface area contributed by atoms with Crippen molar-refractivity contribution < 1.29 is 9.46 Å². The average molecular weight is 161 g/mol. The van der Waals surface area contributed by atoms with Gasteiger partial charge in [-0.05, 0) is 23.8 Å². The second-order valence-electron chi connectivity index (χ2n) is 3.13. The molecule has 1 aliphatic carbocycles. The van der Waals surface area contributed by atoms with E-state index in [-0.39, 0.29) is 5.66 Å². The quantitative estimate of drug-likeness (QED) is 0.599. The van der Waals surface area contributed by atoms with Gasteiger partial charge in [-0.15, -0.1) is 0 Å². The first kappa shape index (κ1) is 8.16. The molecule has 0 aromatic heterocycles. The van der Waals surface area contributed by atoms with Crippen LogP contribution < -0.4 is 0 Å². The van der Waals surface area contributed by atoms with Crippen LogP contribution in [-0.2, 0) is 4.57 Å². The Kier molecular flexibility index (Phi) is 2.82. The lowest BCUT2D eigenvalue weighted by molar-refractivity contribution is 0.364. The maximum atomic E-state index is 10.7. The molecule has 1 saturated carbocycles. The van der Waals surface area contributed by atoms with Gasteiger partial charge in [0.2, 0.25) is 0 Å². The van der Waals surface area contributed by atoms with Crippen molar-refractivity contribution in [3.05, 3.63) is 0 Å². The van der Waals surface area contributed by atoms with Crippen LogP contribution >= 0.6 is 8.03 Å². The van der Waals surface area contributed by atoms with Crippen LogP contribution in [0.1, 0.15) is 32.6 Å². The van der Waals surface area contributed by atoms with Gasteiger partial charge in [-0.3, -0.25) is 0 Å². The van der Waals surface area contributed by atoms with Crippen LogP contribution in [0, 0.1) is 5.92 Å². The highest BCUT2D eigenvalue weighted by molar-refractivity contribution is 7.38. The normalized spacial score (nSPS) is 35.6. The highest BCUT2D eigenvalue weighted by atomic mass is 31.1. The molecule has 0 saturated heterocycles. The van der Waals surface area contributed by atoms with Crippen molar-refractivity contribution in [3.63, 3.8) is 0 Å². The average Bonchev–Trinajstić information content (AvgIpc) is 1.88. The van der Waals surface area contributed by atoms with E-state index in [9.17, 15) is 4.57 Å². The van der Waals surface area contributed by atoms with E-state index < -0.39 is 8.03 Å². The second-order valence-corrected chi connectivity index (χ2v) is 4.40. The molecular weight excluding hydrogens is 147 g/mol. The topological polar surface area (TPSA) is 37.3 Å². The summed E-state index contributed by atoms with van der Waals surface area (Å²) >= 11 is 0. The largest absolute Gasteiger partial charge is 0.508 e. The predicted octanol–water partition coefficient (Wildman–Crippen LogP) is 2.30. The molecule has 0 heterocycles. The molecule has 0 amide bonds. The third-order valence-electron chi connectivity index (χ3n) is 2.35. The third kappa shape index (κ3) is 1.77. The summed E-state index contributed by atoms with van der Waals surface area (Å²) in [4.78, 5) is 8.86. The summed E-state index contributed by atoms with van der Waals surface area (Å²) in [7, 11) is -1.91. The zero-order valence-electron chi connectivity index (χ0n) is 6.29. The Bertz CT molecular complexity index is 136. The summed E-state index contributed by atoms with van der Waals surface area (Å²) < 4.78 is 10.7. The van der Waals surface area contributed by atoms with Crippen LogP contribution in [0.25, 0.3) is 0 Å². The number of hydrogen-bond donors (Lipinski definition) is 1. The van der Waals surface area contributed by atoms with Crippen LogP contribution in [-0.4, -0.2) is 10.6 Å². The molecule has 0 aromatic rings. The summed E-state index contributed by atoms with van der Waals surface area (Å²) in [5.74, 6) is 0.461. The predicted molar refractivity (Wildman–Crippen MR) is 41.2 cm³/mol. The number of hydrogen-bond acceptors (Lipinski definition) is 1. The van der Waals surface area contributed by atoms with E-state index in [1.807, 2.05) is 0 Å². The van der Waals surface area contributed by atoms with Crippen molar-refractivity contribution in [2.45, 2.75) is 38.3 Å². The maximum absolute atomic E-state index is 10.7. The van der Waals surface area contributed by atoms with Gasteiger partial charge in [0.15, 0.2) is 5.66 Å². The third-order valence-corrected chi connectivity index (χ3v) is 3.68. The molecule has 1 rings (SSSR count). The van der Waals surface area contributed by atoms with Crippen molar-refractivity contribution in [2.24, 2.45) is 5.92 Å². The van der Waals surface area contributed by atoms with Gasteiger partial charge in [-0.1, -0.05) is 13.3 Å². The lowest BCUT2D eigenvalue weighted by atomic mass is 9.90. The Hall–Kier alpha value is 0.0600. The molecule has 0 aromatic carbocycles. The summed E-state index contributed by atoms with van der Waals surface area (Å²) in [6.45, 7) is 2.08. The molecule has 3 heteroatoms. The van der Waals surface area contributed by atoms with Gasteiger partial charge in [-0.2, -0.15) is 4.89 Å². The molecular formula is C7H14O2P+. The summed E-state index contributed by atoms with van der Waals surface area (Å²) in [6.07, 6.45) is 4.46. The molecule has 10 heavy (non-hydrogen) atoms. The van der Waals surface area contributed by atoms with E-state index in [0.29, 0.717) is 5.92 Å². The van der Waals surface area contributed by atoms with Gasteiger partial charge in [0.1, 0.15) is 0 Å². The van der Waals surface area contributed by atoms with Gasteiger partial charge < -0.3 is 0 Å². The summed E-state index contributed by atoms with van der Waals surface area (Å²) in [5.41, 5.74) is 0.0868. The molecule has 3 atom stereocenters. The Labute approximate surface area is 62.5 Å². The Balaban J connectivity index is 2.47. The van der Waals surface area contributed by atoms with Crippen molar-refractivity contribution in [1.82, 2.24) is 0 Å². The second kappa shape index (κ2) is 3.45. The van der Waals surface area contributed by atoms with Crippen LogP contribution in [0.15, 0.2) is 0 Å². The smallest absolute Gasteiger partial charge is 0.161 e. The Morgan fingerprint density at radius 1 is 1.40 bits per heavy atom. The fraction of sp³-hybridized carbons (Fsp3) is 1.00. The monoisotopic (exact) mass is 161 g/mol. The molecule has 2 nitrogen and oxygen atoms in total. The molecule has 0 spiro atoms. The number of rotatable bonds is 1. The molecule has 0 aliphatic heterocycles. The zero-order chi connectivity index (χ0) is 7.56. The van der Waals surface area contributed by atoms with E-state index in [1.54, 1.807) is 0 Å². The SMILES string of the molecule is C[C@H]1CCCC[C@@H]1[P+](=O)O. The summed E-state index contributed by atoms with van der Waals surface area (Å²) in [6, 6.07) is 0. The Morgan fingerprint density at radius 2 is 2.00 bits per heavy atom. The lowest BCUT2D eigenvalue weighted by Crippen LogP contribution is -2.18. The first-order valence-electron chi connectivity index (χ1n) is 3.87. The van der Waals surface area contributed by atoms with Crippen molar-refractivity contribution in [3.8, 4) is 0 Å². The van der Waals surface area contributed by atoms with Crippen molar-refractivity contribution >= 4 is 8.03 Å². The van der Waals surface area contributed by atoms with Gasteiger partial charge in [0.05, 0.1) is 0 Å². The first-order valence-corrected chi connectivity index (χ1v) is 5.15. The molecule has 58 valence electrons. The highest BCUT2D eigenvalue weighted by Gasteiger charge is 2.36. The molecule has 1 unspecified atom stereocenters. The minimum absolute atomic E-state index is 0.0868. The minimum Gasteiger partial charge on any atom is -0.161 e. The van der Waals surface area contributed by atoms with Gasteiger partial charge in [0.25, 0.3) is 0 Å². The van der Waals surface area contributed by atoms with Crippen LogP contribution in [0.4, 0.5) is 0 Å². The van der Waals surface area contributed by atoms with Crippen molar-refractivity contribution in [2.75, 3.05) is 0 Å². The molecule has 1 N–H and O–H groups in total. The maximum Gasteiger partial charge on any atom is 0.508 e. The molecule has 0 bridgehead atoms. The fourth-order valence-electron chi connectivity index (χ4n) is 1.62. The minimum atomic E-state index is -1.91. The molecule has 1 aliphatic rings. The van der Waals surface area contributed by atoms with E-state index in [2.05, 4.69) is 6.92 Å². The van der Waals surface area contributed by atoms with Crippen LogP contribution in [0.2, 0.25) is 0 Å². The Morgan fingerprint density at radius 3 is 2.40 bits per heavy atom. The highest BCUT2D eigenvalue weighted by Crippen LogP contribution is 2.38. The van der Waals surface area contributed by atoms with E-state index in [4.69, 9.17) is 4.89 Å². The van der Waals surface area contributed by atoms with E-state index in [1.165, 1.54) is 6.42 Å². The van der Waals surface area contributed by atoms with E-state index >= 15 is 0 Å². The van der Waals surface area contributed by atoms with Crippen molar-refractivity contribution in [1.29, 1.82) is 0 Å². The van der Waals surface area contributed by atoms with Gasteiger partial charge in [0, 0.05) is 5.92 Å². The molecule has 0 radical (unpaired) electrons. The van der Waals surface area contributed by atoms with Crippen LogP contribution in [0.3, 0.4) is 0 Å². The van der Waals surface area contributed by atoms with Gasteiger partial charge in [-0.25, -0.2) is 0 Å². The zero-order valence-corrected chi connectivity index (χ0v) is 7.18. The van der Waals surface area contributed by atoms with Gasteiger partial charge >= 0.3 is 8.03 Å². The van der Waals surface area contributed by atoms with Crippen LogP contribution in [0.5, 0.6) is 0 Å². The van der Waals surface area contributed by atoms with E-state index in [0.717, 1.165) is 19.3 Å². The lowest BCUT2D eigenvalue weighted by Gasteiger charge is -2.18. The first-order chi connectivity index (χ1) is 4.72.